The standard InChI is InChI=1S/C17H16F3N3O5/c1-2-28-16(27)11-4-3-5-12(8-11)21-13(24)9-22-6-7-23(10-17(18,19)20)15(26)14(22)25/h3-8H,2,9-10H2,1H3,(H,21,24). The summed E-state index contributed by atoms with van der Waals surface area (Å²) in [5.74, 6) is -1.29. The van der Waals surface area contributed by atoms with Crippen molar-refractivity contribution in [2.24, 2.45) is 0 Å². The van der Waals surface area contributed by atoms with Crippen molar-refractivity contribution in [1.29, 1.82) is 0 Å². The predicted molar refractivity (Wildman–Crippen MR) is 92.0 cm³/mol. The molecular formula is C17H16F3N3O5. The molecule has 0 unspecified atom stereocenters. The summed E-state index contributed by atoms with van der Waals surface area (Å²) in [5.41, 5.74) is -2.21. The number of anilines is 1. The average molecular weight is 399 g/mol. The number of hydrogen-bond donors (Lipinski definition) is 1. The number of rotatable bonds is 6. The number of aromatic nitrogens is 2. The van der Waals surface area contributed by atoms with Gasteiger partial charge in [0.1, 0.15) is 13.1 Å². The molecule has 0 bridgehead atoms. The molecule has 1 aromatic heterocycles. The number of amides is 1. The Morgan fingerprint density at radius 2 is 1.75 bits per heavy atom. The minimum Gasteiger partial charge on any atom is -0.462 e. The van der Waals surface area contributed by atoms with Crippen LogP contribution in [0.1, 0.15) is 17.3 Å². The smallest absolute Gasteiger partial charge is 0.406 e. The highest BCUT2D eigenvalue weighted by Crippen LogP contribution is 2.16. The Balaban J connectivity index is 2.13. The van der Waals surface area contributed by atoms with Crippen LogP contribution >= 0.6 is 0 Å². The van der Waals surface area contributed by atoms with Crippen molar-refractivity contribution in [3.63, 3.8) is 0 Å². The van der Waals surface area contributed by atoms with Gasteiger partial charge in [-0.15, -0.1) is 0 Å². The Morgan fingerprint density at radius 1 is 1.11 bits per heavy atom. The fourth-order valence-electron chi connectivity index (χ4n) is 2.28. The Labute approximate surface area is 156 Å². The summed E-state index contributed by atoms with van der Waals surface area (Å²) in [6, 6.07) is 5.84. The third kappa shape index (κ3) is 5.56. The van der Waals surface area contributed by atoms with Gasteiger partial charge in [-0.05, 0) is 25.1 Å². The van der Waals surface area contributed by atoms with Gasteiger partial charge in [0.15, 0.2) is 0 Å². The van der Waals surface area contributed by atoms with Crippen molar-refractivity contribution in [3.05, 3.63) is 62.9 Å². The Bertz CT molecular complexity index is 995. The number of carbonyl (C=O) groups excluding carboxylic acids is 2. The molecule has 0 fully saturated rings. The van der Waals surface area contributed by atoms with Crippen LogP contribution in [0.25, 0.3) is 0 Å². The van der Waals surface area contributed by atoms with Crippen molar-refractivity contribution in [2.45, 2.75) is 26.2 Å². The molecule has 150 valence electrons. The minimum atomic E-state index is -4.66. The molecule has 0 spiro atoms. The number of halogens is 3. The maximum Gasteiger partial charge on any atom is 0.406 e. The highest BCUT2D eigenvalue weighted by Gasteiger charge is 2.28. The van der Waals surface area contributed by atoms with Crippen LogP contribution in [0.15, 0.2) is 46.2 Å². The fraction of sp³-hybridized carbons (Fsp3) is 0.294. The lowest BCUT2D eigenvalue weighted by Gasteiger charge is -2.11. The van der Waals surface area contributed by atoms with Crippen molar-refractivity contribution in [1.82, 2.24) is 9.13 Å². The van der Waals surface area contributed by atoms with E-state index in [2.05, 4.69) is 5.32 Å². The molecule has 1 heterocycles. The van der Waals surface area contributed by atoms with E-state index in [1.54, 1.807) is 6.92 Å². The SMILES string of the molecule is CCOC(=O)c1cccc(NC(=O)Cn2ccn(CC(F)(F)F)c(=O)c2=O)c1. The molecule has 0 saturated carbocycles. The van der Waals surface area contributed by atoms with Gasteiger partial charge in [-0.25, -0.2) is 4.79 Å². The third-order valence-corrected chi connectivity index (χ3v) is 3.45. The van der Waals surface area contributed by atoms with E-state index < -0.39 is 42.3 Å². The summed E-state index contributed by atoms with van der Waals surface area (Å²) in [7, 11) is 0. The van der Waals surface area contributed by atoms with Crippen LogP contribution in [0.4, 0.5) is 18.9 Å². The number of ether oxygens (including phenoxy) is 1. The van der Waals surface area contributed by atoms with E-state index in [0.717, 1.165) is 12.4 Å². The van der Waals surface area contributed by atoms with E-state index in [4.69, 9.17) is 4.74 Å². The zero-order chi connectivity index (χ0) is 20.9. The predicted octanol–water partition coefficient (Wildman–Crippen LogP) is 1.39. The lowest BCUT2D eigenvalue weighted by Crippen LogP contribution is -2.43. The Morgan fingerprint density at radius 3 is 2.39 bits per heavy atom. The Kier molecular flexibility index (Phi) is 6.39. The summed E-state index contributed by atoms with van der Waals surface area (Å²) in [6.07, 6.45) is -2.96. The normalized spacial score (nSPS) is 11.1. The molecule has 1 amide bonds. The highest BCUT2D eigenvalue weighted by atomic mass is 19.4. The van der Waals surface area contributed by atoms with Crippen LogP contribution in [0.5, 0.6) is 0 Å². The largest absolute Gasteiger partial charge is 0.462 e. The average Bonchev–Trinajstić information content (AvgIpc) is 2.61. The van der Waals surface area contributed by atoms with Gasteiger partial charge in [-0.2, -0.15) is 13.2 Å². The molecule has 0 aliphatic rings. The van der Waals surface area contributed by atoms with Crippen LogP contribution < -0.4 is 16.4 Å². The molecule has 0 atom stereocenters. The summed E-state index contributed by atoms with van der Waals surface area (Å²) in [4.78, 5) is 47.4. The van der Waals surface area contributed by atoms with Gasteiger partial charge in [-0.1, -0.05) is 6.07 Å². The summed E-state index contributed by atoms with van der Waals surface area (Å²) in [6.45, 7) is -0.374. The lowest BCUT2D eigenvalue weighted by molar-refractivity contribution is -0.141. The summed E-state index contributed by atoms with van der Waals surface area (Å²) in [5, 5.41) is 2.43. The summed E-state index contributed by atoms with van der Waals surface area (Å²) >= 11 is 0. The zero-order valence-corrected chi connectivity index (χ0v) is 14.7. The molecule has 0 aliphatic carbocycles. The molecule has 2 aromatic rings. The molecule has 11 heteroatoms. The number of nitrogens with one attached hydrogen (secondary N) is 1. The van der Waals surface area contributed by atoms with Gasteiger partial charge < -0.3 is 14.6 Å². The van der Waals surface area contributed by atoms with E-state index >= 15 is 0 Å². The van der Waals surface area contributed by atoms with E-state index in [9.17, 15) is 32.3 Å². The van der Waals surface area contributed by atoms with Crippen molar-refractivity contribution in [2.75, 3.05) is 11.9 Å². The van der Waals surface area contributed by atoms with Crippen LogP contribution in [0, 0.1) is 0 Å². The van der Waals surface area contributed by atoms with Crippen LogP contribution in [-0.4, -0.2) is 33.8 Å². The van der Waals surface area contributed by atoms with E-state index in [1.807, 2.05) is 0 Å². The number of nitrogens with zero attached hydrogens (tertiary/aromatic N) is 2. The van der Waals surface area contributed by atoms with Gasteiger partial charge in [0.25, 0.3) is 0 Å². The first-order valence-electron chi connectivity index (χ1n) is 8.04. The van der Waals surface area contributed by atoms with Crippen LogP contribution in [0.2, 0.25) is 0 Å². The molecule has 2 rings (SSSR count). The zero-order valence-electron chi connectivity index (χ0n) is 14.7. The molecule has 1 N–H and O–H groups in total. The van der Waals surface area contributed by atoms with Gasteiger partial charge in [-0.3, -0.25) is 19.0 Å². The lowest BCUT2D eigenvalue weighted by atomic mass is 10.2. The van der Waals surface area contributed by atoms with Crippen molar-refractivity contribution < 1.29 is 27.5 Å². The number of hydrogen-bond acceptors (Lipinski definition) is 5. The first-order valence-corrected chi connectivity index (χ1v) is 8.04. The van der Waals surface area contributed by atoms with E-state index in [0.29, 0.717) is 4.57 Å². The number of alkyl halides is 3. The number of benzene rings is 1. The van der Waals surface area contributed by atoms with Crippen molar-refractivity contribution >= 4 is 17.6 Å². The first kappa shape index (κ1) is 20.9. The molecule has 28 heavy (non-hydrogen) atoms. The third-order valence-electron chi connectivity index (χ3n) is 3.45. The van der Waals surface area contributed by atoms with E-state index in [-0.39, 0.29) is 22.4 Å². The maximum absolute atomic E-state index is 12.4. The second-order valence-corrected chi connectivity index (χ2v) is 5.63. The number of carbonyl (C=O) groups is 2. The van der Waals surface area contributed by atoms with Gasteiger partial charge in [0, 0.05) is 18.1 Å². The highest BCUT2D eigenvalue weighted by molar-refractivity contribution is 5.94. The first-order chi connectivity index (χ1) is 13.1. The summed E-state index contributed by atoms with van der Waals surface area (Å²) < 4.78 is 42.9. The molecule has 8 nitrogen and oxygen atoms in total. The second-order valence-electron chi connectivity index (χ2n) is 5.63. The Hall–Kier alpha value is -3.37. The van der Waals surface area contributed by atoms with Gasteiger partial charge in [0.2, 0.25) is 5.91 Å². The second kappa shape index (κ2) is 8.55. The van der Waals surface area contributed by atoms with Gasteiger partial charge >= 0.3 is 23.3 Å². The molecule has 0 aliphatic heterocycles. The quantitative estimate of drug-likeness (QED) is 0.585. The minimum absolute atomic E-state index is 0.179. The monoisotopic (exact) mass is 399 g/mol. The van der Waals surface area contributed by atoms with E-state index in [1.165, 1.54) is 24.3 Å². The van der Waals surface area contributed by atoms with Crippen LogP contribution in [-0.2, 0) is 22.6 Å². The fourth-order valence-corrected chi connectivity index (χ4v) is 2.28. The molecule has 0 saturated heterocycles. The molecule has 0 radical (unpaired) electrons. The van der Waals surface area contributed by atoms with Gasteiger partial charge in [0.05, 0.1) is 12.2 Å². The van der Waals surface area contributed by atoms with Crippen molar-refractivity contribution in [3.8, 4) is 0 Å². The topological polar surface area (TPSA) is 99.4 Å². The maximum atomic E-state index is 12.4. The molecule has 1 aromatic carbocycles. The van der Waals surface area contributed by atoms with Crippen LogP contribution in [0.3, 0.4) is 0 Å². The molecular weight excluding hydrogens is 383 g/mol. The number of esters is 1.